The molecule has 2 aromatic rings. The molecule has 2 heterocycles. The smallest absolute Gasteiger partial charge is 0.231 e. The number of benzene rings is 1. The van der Waals surface area contributed by atoms with Crippen molar-refractivity contribution in [3.05, 3.63) is 46.7 Å². The SMILES string of the molecule is Cc1cc(NCc2ccc3c(c2)OCO3)cnc1Cl. The highest BCUT2D eigenvalue weighted by Crippen LogP contribution is 2.32. The minimum absolute atomic E-state index is 0.298. The fourth-order valence-corrected chi connectivity index (χ4v) is 2.01. The number of nitrogens with zero attached hydrogens (tertiary/aromatic N) is 1. The molecule has 1 aliphatic rings. The molecule has 1 aliphatic heterocycles. The van der Waals surface area contributed by atoms with Gasteiger partial charge in [0.1, 0.15) is 5.15 Å². The van der Waals surface area contributed by atoms with Gasteiger partial charge in [-0.15, -0.1) is 0 Å². The second kappa shape index (κ2) is 4.97. The molecule has 5 heteroatoms. The summed E-state index contributed by atoms with van der Waals surface area (Å²) in [5, 5.41) is 3.84. The molecule has 0 aliphatic carbocycles. The van der Waals surface area contributed by atoms with E-state index in [1.54, 1.807) is 6.20 Å². The number of anilines is 1. The third-order valence-electron chi connectivity index (χ3n) is 2.95. The summed E-state index contributed by atoms with van der Waals surface area (Å²) in [7, 11) is 0. The lowest BCUT2D eigenvalue weighted by atomic mass is 10.2. The minimum Gasteiger partial charge on any atom is -0.454 e. The number of aryl methyl sites for hydroxylation is 1. The van der Waals surface area contributed by atoms with E-state index in [0.717, 1.165) is 28.3 Å². The Kier molecular flexibility index (Phi) is 3.17. The number of pyridine rings is 1. The molecule has 3 rings (SSSR count). The van der Waals surface area contributed by atoms with Crippen molar-refractivity contribution in [1.29, 1.82) is 0 Å². The number of hydrogen-bond donors (Lipinski definition) is 1. The molecule has 98 valence electrons. The molecular formula is C14H13ClN2O2. The average Bonchev–Trinajstić information content (AvgIpc) is 2.87. The first-order chi connectivity index (χ1) is 9.22. The maximum Gasteiger partial charge on any atom is 0.231 e. The zero-order valence-corrected chi connectivity index (χ0v) is 11.2. The number of ether oxygens (including phenoxy) is 2. The first-order valence-electron chi connectivity index (χ1n) is 5.97. The highest BCUT2D eigenvalue weighted by molar-refractivity contribution is 6.30. The summed E-state index contributed by atoms with van der Waals surface area (Å²) in [6.45, 7) is 2.92. The molecule has 1 N–H and O–H groups in total. The highest BCUT2D eigenvalue weighted by atomic mass is 35.5. The Hall–Kier alpha value is -1.94. The highest BCUT2D eigenvalue weighted by Gasteiger charge is 2.12. The lowest BCUT2D eigenvalue weighted by Gasteiger charge is -2.08. The van der Waals surface area contributed by atoms with E-state index in [-0.39, 0.29) is 0 Å². The zero-order chi connectivity index (χ0) is 13.2. The van der Waals surface area contributed by atoms with Crippen molar-refractivity contribution >= 4 is 17.3 Å². The lowest BCUT2D eigenvalue weighted by Crippen LogP contribution is -2.00. The predicted octanol–water partition coefficient (Wildman–Crippen LogP) is 3.38. The van der Waals surface area contributed by atoms with E-state index in [0.29, 0.717) is 18.5 Å². The monoisotopic (exact) mass is 276 g/mol. The fraction of sp³-hybridized carbons (Fsp3) is 0.214. The molecule has 4 nitrogen and oxygen atoms in total. The Bertz CT molecular complexity index is 616. The van der Waals surface area contributed by atoms with E-state index < -0.39 is 0 Å². The maximum atomic E-state index is 5.89. The normalized spacial score (nSPS) is 12.5. The average molecular weight is 277 g/mol. The molecule has 0 atom stereocenters. The Morgan fingerprint density at radius 1 is 1.26 bits per heavy atom. The Labute approximate surface area is 116 Å². The van der Waals surface area contributed by atoms with Crippen LogP contribution in [0.4, 0.5) is 5.69 Å². The van der Waals surface area contributed by atoms with Crippen LogP contribution < -0.4 is 14.8 Å². The van der Waals surface area contributed by atoms with Gasteiger partial charge in [-0.2, -0.15) is 0 Å². The number of nitrogens with one attached hydrogen (secondary N) is 1. The van der Waals surface area contributed by atoms with Crippen LogP contribution in [-0.2, 0) is 6.54 Å². The van der Waals surface area contributed by atoms with Gasteiger partial charge in [0.05, 0.1) is 11.9 Å². The summed E-state index contributed by atoms with van der Waals surface area (Å²) in [6.07, 6.45) is 1.72. The van der Waals surface area contributed by atoms with E-state index in [1.807, 2.05) is 31.2 Å². The van der Waals surface area contributed by atoms with E-state index in [4.69, 9.17) is 21.1 Å². The zero-order valence-electron chi connectivity index (χ0n) is 10.4. The van der Waals surface area contributed by atoms with Crippen molar-refractivity contribution in [1.82, 2.24) is 4.98 Å². The molecule has 0 fully saturated rings. The number of hydrogen-bond acceptors (Lipinski definition) is 4. The molecule has 0 saturated carbocycles. The van der Waals surface area contributed by atoms with Crippen molar-refractivity contribution in [2.75, 3.05) is 12.1 Å². The van der Waals surface area contributed by atoms with Crippen molar-refractivity contribution in [3.8, 4) is 11.5 Å². The molecule has 0 spiro atoms. The molecule has 0 bridgehead atoms. The van der Waals surface area contributed by atoms with Gasteiger partial charge in [-0.1, -0.05) is 17.7 Å². The summed E-state index contributed by atoms with van der Waals surface area (Å²) < 4.78 is 10.6. The van der Waals surface area contributed by atoms with E-state index in [9.17, 15) is 0 Å². The van der Waals surface area contributed by atoms with Gasteiger partial charge < -0.3 is 14.8 Å². The molecule has 19 heavy (non-hydrogen) atoms. The first-order valence-corrected chi connectivity index (χ1v) is 6.35. The van der Waals surface area contributed by atoms with Crippen molar-refractivity contribution in [3.63, 3.8) is 0 Å². The number of halogens is 1. The largest absolute Gasteiger partial charge is 0.454 e. The number of aromatic nitrogens is 1. The number of fused-ring (bicyclic) bond motifs is 1. The van der Waals surface area contributed by atoms with Crippen molar-refractivity contribution in [2.45, 2.75) is 13.5 Å². The van der Waals surface area contributed by atoms with Crippen LogP contribution in [0.1, 0.15) is 11.1 Å². The fourth-order valence-electron chi connectivity index (χ4n) is 1.91. The molecule has 0 radical (unpaired) electrons. The van der Waals surface area contributed by atoms with Crippen LogP contribution >= 0.6 is 11.6 Å². The third-order valence-corrected chi connectivity index (χ3v) is 3.34. The van der Waals surface area contributed by atoms with Crippen molar-refractivity contribution in [2.24, 2.45) is 0 Å². The summed E-state index contributed by atoms with van der Waals surface area (Å²) >= 11 is 5.89. The van der Waals surface area contributed by atoms with Crippen LogP contribution in [0.25, 0.3) is 0 Å². The second-order valence-electron chi connectivity index (χ2n) is 4.37. The first kappa shape index (κ1) is 12.1. The van der Waals surface area contributed by atoms with Gasteiger partial charge in [-0.25, -0.2) is 4.98 Å². The summed E-state index contributed by atoms with van der Waals surface area (Å²) in [5.74, 6) is 1.59. The van der Waals surface area contributed by atoms with E-state index in [2.05, 4.69) is 10.3 Å². The Morgan fingerprint density at radius 2 is 2.11 bits per heavy atom. The van der Waals surface area contributed by atoms with Gasteiger partial charge in [-0.05, 0) is 36.2 Å². The standard InChI is InChI=1S/C14H13ClN2O2/c1-9-4-11(7-17-14(9)15)16-6-10-2-3-12-13(5-10)19-8-18-12/h2-5,7,16H,6,8H2,1H3. The molecule has 1 aromatic carbocycles. The predicted molar refractivity (Wildman–Crippen MR) is 73.9 cm³/mol. The summed E-state index contributed by atoms with van der Waals surface area (Å²) in [6, 6.07) is 7.88. The van der Waals surface area contributed by atoms with E-state index >= 15 is 0 Å². The van der Waals surface area contributed by atoms with Gasteiger partial charge in [-0.3, -0.25) is 0 Å². The summed E-state index contributed by atoms with van der Waals surface area (Å²) in [4.78, 5) is 4.11. The Balaban J connectivity index is 1.70. The van der Waals surface area contributed by atoms with Crippen LogP contribution in [0, 0.1) is 6.92 Å². The van der Waals surface area contributed by atoms with Gasteiger partial charge in [0, 0.05) is 6.54 Å². The van der Waals surface area contributed by atoms with Crippen molar-refractivity contribution < 1.29 is 9.47 Å². The topological polar surface area (TPSA) is 43.4 Å². The third kappa shape index (κ3) is 2.58. The molecular weight excluding hydrogens is 264 g/mol. The van der Waals surface area contributed by atoms with Gasteiger partial charge in [0.25, 0.3) is 0 Å². The molecule has 1 aromatic heterocycles. The quantitative estimate of drug-likeness (QED) is 0.873. The van der Waals surface area contributed by atoms with Gasteiger partial charge in [0.15, 0.2) is 11.5 Å². The van der Waals surface area contributed by atoms with Gasteiger partial charge >= 0.3 is 0 Å². The van der Waals surface area contributed by atoms with E-state index in [1.165, 1.54) is 0 Å². The van der Waals surface area contributed by atoms with Crippen LogP contribution in [0.3, 0.4) is 0 Å². The molecule has 0 amide bonds. The van der Waals surface area contributed by atoms with Crippen LogP contribution in [0.15, 0.2) is 30.5 Å². The maximum absolute atomic E-state index is 5.89. The molecule has 0 unspecified atom stereocenters. The van der Waals surface area contributed by atoms with Crippen LogP contribution in [0.5, 0.6) is 11.5 Å². The minimum atomic E-state index is 0.298. The van der Waals surface area contributed by atoms with Crippen LogP contribution in [0.2, 0.25) is 5.15 Å². The second-order valence-corrected chi connectivity index (χ2v) is 4.73. The van der Waals surface area contributed by atoms with Crippen LogP contribution in [-0.4, -0.2) is 11.8 Å². The number of rotatable bonds is 3. The summed E-state index contributed by atoms with van der Waals surface area (Å²) in [5.41, 5.74) is 3.02. The lowest BCUT2D eigenvalue weighted by molar-refractivity contribution is 0.174. The Morgan fingerprint density at radius 3 is 2.95 bits per heavy atom. The van der Waals surface area contributed by atoms with Gasteiger partial charge in [0.2, 0.25) is 6.79 Å². The molecule has 0 saturated heterocycles.